The minimum atomic E-state index is -3.95. The number of aliphatic carboxylic acids is 1. The van der Waals surface area contributed by atoms with Crippen molar-refractivity contribution in [1.29, 1.82) is 0 Å². The first kappa shape index (κ1) is 18.2. The predicted octanol–water partition coefficient (Wildman–Crippen LogP) is 1.93. The standard InChI is InChI=1S/C16H16O6S2/c1-23(19,20)14-10-12(15(16(17)18)24(2,21)22)8-9-13(14)11-6-4-3-5-7-11/h3-10,15H,1-2H3,(H,17,18). The summed E-state index contributed by atoms with van der Waals surface area (Å²) < 4.78 is 47.8. The first-order chi connectivity index (χ1) is 11.0. The zero-order valence-electron chi connectivity index (χ0n) is 13.0. The summed E-state index contributed by atoms with van der Waals surface area (Å²) in [5.74, 6) is -1.55. The second-order valence-electron chi connectivity index (χ2n) is 5.44. The summed E-state index contributed by atoms with van der Waals surface area (Å²) in [6.45, 7) is 0. The molecular formula is C16H16O6S2. The fraction of sp³-hybridized carbons (Fsp3) is 0.188. The van der Waals surface area contributed by atoms with Crippen LogP contribution in [0.2, 0.25) is 0 Å². The quantitative estimate of drug-likeness (QED) is 0.864. The molecule has 0 heterocycles. The molecule has 0 aliphatic heterocycles. The Morgan fingerprint density at radius 2 is 1.54 bits per heavy atom. The van der Waals surface area contributed by atoms with Crippen molar-refractivity contribution in [2.24, 2.45) is 0 Å². The third-order valence-corrected chi connectivity index (χ3v) is 5.91. The van der Waals surface area contributed by atoms with Crippen LogP contribution in [0.1, 0.15) is 10.8 Å². The van der Waals surface area contributed by atoms with Crippen LogP contribution in [0.15, 0.2) is 53.4 Å². The van der Waals surface area contributed by atoms with Gasteiger partial charge < -0.3 is 5.11 Å². The molecule has 1 N–H and O–H groups in total. The van der Waals surface area contributed by atoms with Crippen molar-refractivity contribution in [2.75, 3.05) is 12.5 Å². The molecule has 0 amide bonds. The van der Waals surface area contributed by atoms with Crippen molar-refractivity contribution < 1.29 is 26.7 Å². The molecular weight excluding hydrogens is 352 g/mol. The lowest BCUT2D eigenvalue weighted by molar-refractivity contribution is -0.136. The average molecular weight is 368 g/mol. The van der Waals surface area contributed by atoms with E-state index in [-0.39, 0.29) is 10.5 Å². The van der Waals surface area contributed by atoms with Crippen molar-refractivity contribution in [3.63, 3.8) is 0 Å². The summed E-state index contributed by atoms with van der Waals surface area (Å²) in [6, 6.07) is 12.6. The number of carboxylic acid groups (broad SMARTS) is 1. The van der Waals surface area contributed by atoms with E-state index < -0.39 is 30.9 Å². The summed E-state index contributed by atoms with van der Waals surface area (Å²) in [6.07, 6.45) is 1.80. The number of rotatable bonds is 5. The lowest BCUT2D eigenvalue weighted by atomic mass is 10.0. The maximum atomic E-state index is 12.1. The van der Waals surface area contributed by atoms with Gasteiger partial charge in [0.2, 0.25) is 0 Å². The molecule has 0 aliphatic rings. The highest BCUT2D eigenvalue weighted by Gasteiger charge is 2.32. The van der Waals surface area contributed by atoms with Crippen LogP contribution in [0.25, 0.3) is 11.1 Å². The Bertz CT molecular complexity index is 976. The molecule has 128 valence electrons. The molecule has 0 radical (unpaired) electrons. The summed E-state index contributed by atoms with van der Waals surface area (Å²) in [5, 5.41) is 7.40. The summed E-state index contributed by atoms with van der Waals surface area (Å²) >= 11 is 0. The van der Waals surface area contributed by atoms with Gasteiger partial charge in [-0.25, -0.2) is 16.8 Å². The van der Waals surface area contributed by atoms with Gasteiger partial charge in [0.15, 0.2) is 24.9 Å². The molecule has 0 saturated carbocycles. The molecule has 0 aliphatic carbocycles. The molecule has 8 heteroatoms. The van der Waals surface area contributed by atoms with E-state index in [1.54, 1.807) is 30.3 Å². The zero-order valence-corrected chi connectivity index (χ0v) is 14.6. The summed E-state index contributed by atoms with van der Waals surface area (Å²) in [5.41, 5.74) is 0.931. The maximum absolute atomic E-state index is 12.1. The van der Waals surface area contributed by atoms with Gasteiger partial charge in [0.25, 0.3) is 0 Å². The topological polar surface area (TPSA) is 106 Å². The van der Waals surface area contributed by atoms with Gasteiger partial charge >= 0.3 is 5.97 Å². The molecule has 1 unspecified atom stereocenters. The number of carboxylic acids is 1. The largest absolute Gasteiger partial charge is 0.480 e. The number of sulfone groups is 2. The first-order valence-corrected chi connectivity index (χ1v) is 10.7. The van der Waals surface area contributed by atoms with Crippen molar-refractivity contribution in [3.8, 4) is 11.1 Å². The molecule has 2 rings (SSSR count). The Morgan fingerprint density at radius 3 is 2.00 bits per heavy atom. The molecule has 0 aromatic heterocycles. The van der Waals surface area contributed by atoms with Gasteiger partial charge in [-0.05, 0) is 17.2 Å². The van der Waals surface area contributed by atoms with Crippen LogP contribution >= 0.6 is 0 Å². The number of hydrogen-bond donors (Lipinski definition) is 1. The summed E-state index contributed by atoms with van der Waals surface area (Å²) in [4.78, 5) is 11.2. The van der Waals surface area contributed by atoms with Crippen LogP contribution in [0.4, 0.5) is 0 Å². The molecule has 0 fully saturated rings. The van der Waals surface area contributed by atoms with Gasteiger partial charge in [-0.3, -0.25) is 4.79 Å². The van der Waals surface area contributed by atoms with Gasteiger partial charge in [-0.2, -0.15) is 0 Å². The molecule has 2 aromatic rings. The fourth-order valence-corrected chi connectivity index (χ4v) is 4.38. The Morgan fingerprint density at radius 1 is 0.958 bits per heavy atom. The van der Waals surface area contributed by atoms with Crippen molar-refractivity contribution >= 4 is 25.6 Å². The van der Waals surface area contributed by atoms with Crippen LogP contribution < -0.4 is 0 Å². The molecule has 24 heavy (non-hydrogen) atoms. The van der Waals surface area contributed by atoms with Crippen molar-refractivity contribution in [2.45, 2.75) is 10.1 Å². The van der Waals surface area contributed by atoms with E-state index in [0.29, 0.717) is 11.1 Å². The van der Waals surface area contributed by atoms with Crippen molar-refractivity contribution in [1.82, 2.24) is 0 Å². The van der Waals surface area contributed by atoms with Crippen LogP contribution in [0, 0.1) is 0 Å². The second-order valence-corrected chi connectivity index (χ2v) is 9.56. The number of hydrogen-bond acceptors (Lipinski definition) is 5. The van der Waals surface area contributed by atoms with E-state index >= 15 is 0 Å². The maximum Gasteiger partial charge on any atom is 0.326 e. The molecule has 0 spiro atoms. The van der Waals surface area contributed by atoms with E-state index in [4.69, 9.17) is 0 Å². The Hall–Kier alpha value is -2.19. The predicted molar refractivity (Wildman–Crippen MR) is 90.2 cm³/mol. The lowest BCUT2D eigenvalue weighted by Gasteiger charge is -2.15. The van der Waals surface area contributed by atoms with E-state index in [1.165, 1.54) is 12.1 Å². The van der Waals surface area contributed by atoms with Crippen LogP contribution in [0.5, 0.6) is 0 Å². The zero-order chi connectivity index (χ0) is 18.1. The van der Waals surface area contributed by atoms with Gasteiger partial charge in [0.1, 0.15) is 0 Å². The van der Waals surface area contributed by atoms with Gasteiger partial charge in [-0.15, -0.1) is 0 Å². The highest BCUT2D eigenvalue weighted by atomic mass is 32.2. The van der Waals surface area contributed by atoms with E-state index in [1.807, 2.05) is 0 Å². The number of benzene rings is 2. The smallest absolute Gasteiger partial charge is 0.326 e. The minimum absolute atomic E-state index is 0.0925. The van der Waals surface area contributed by atoms with Crippen molar-refractivity contribution in [3.05, 3.63) is 54.1 Å². The SMILES string of the molecule is CS(=O)(=O)c1cc(C(C(=O)O)S(C)(=O)=O)ccc1-c1ccccc1. The van der Waals surface area contributed by atoms with Crippen LogP contribution in [-0.4, -0.2) is 40.4 Å². The van der Waals surface area contributed by atoms with Crippen LogP contribution in [0.3, 0.4) is 0 Å². The van der Waals surface area contributed by atoms with Gasteiger partial charge in [-0.1, -0.05) is 42.5 Å². The second kappa shape index (κ2) is 6.37. The molecule has 0 saturated heterocycles. The third kappa shape index (κ3) is 3.82. The Kier molecular flexibility index (Phi) is 4.82. The van der Waals surface area contributed by atoms with E-state index in [9.17, 15) is 26.7 Å². The number of carbonyl (C=O) groups is 1. The lowest BCUT2D eigenvalue weighted by Crippen LogP contribution is -2.21. The van der Waals surface area contributed by atoms with Gasteiger partial charge in [0, 0.05) is 18.1 Å². The molecule has 2 aromatic carbocycles. The average Bonchev–Trinajstić information content (AvgIpc) is 2.45. The Labute approximate surface area is 140 Å². The molecule has 0 bridgehead atoms. The summed E-state index contributed by atoms with van der Waals surface area (Å²) in [7, 11) is -7.65. The van der Waals surface area contributed by atoms with Gasteiger partial charge in [0.05, 0.1) is 4.90 Å². The van der Waals surface area contributed by atoms with E-state index in [2.05, 4.69) is 0 Å². The Balaban J connectivity index is 2.75. The minimum Gasteiger partial charge on any atom is -0.480 e. The first-order valence-electron chi connectivity index (χ1n) is 6.83. The highest BCUT2D eigenvalue weighted by Crippen LogP contribution is 2.32. The highest BCUT2D eigenvalue weighted by molar-refractivity contribution is 7.91. The van der Waals surface area contributed by atoms with Crippen LogP contribution in [-0.2, 0) is 24.5 Å². The third-order valence-electron chi connectivity index (χ3n) is 3.45. The van der Waals surface area contributed by atoms with E-state index in [0.717, 1.165) is 18.6 Å². The monoisotopic (exact) mass is 368 g/mol. The normalized spacial score (nSPS) is 13.4. The molecule has 6 nitrogen and oxygen atoms in total. The molecule has 1 atom stereocenters. The fourth-order valence-electron chi connectivity index (χ4n) is 2.44.